The summed E-state index contributed by atoms with van der Waals surface area (Å²) >= 11 is 0. The molecule has 7 nitrogen and oxygen atoms in total. The van der Waals surface area contributed by atoms with E-state index in [1.807, 2.05) is 0 Å². The number of rotatable bonds is 4. The van der Waals surface area contributed by atoms with E-state index in [0.29, 0.717) is 0 Å². The highest BCUT2D eigenvalue weighted by Crippen LogP contribution is 2.31. The van der Waals surface area contributed by atoms with E-state index >= 15 is 0 Å². The van der Waals surface area contributed by atoms with Crippen molar-refractivity contribution in [1.29, 1.82) is 0 Å². The molecule has 1 atom stereocenters. The standard InChI is InChI=1S/C14H15F3N4O3/c1-8(22)18-13-11(21(19-24-13)20(2)3)12(23)9-4-6-10(7-5-9)14(15,16)17/h4-7,12,23H,1-3H3/p+1. The van der Waals surface area contributed by atoms with Crippen molar-refractivity contribution in [3.8, 4) is 0 Å². The zero-order valence-corrected chi connectivity index (χ0v) is 13.1. The number of nitrogens with zero attached hydrogens (tertiary/aromatic N) is 3. The lowest BCUT2D eigenvalue weighted by atomic mass is 10.0. The molecule has 0 saturated carbocycles. The van der Waals surface area contributed by atoms with E-state index in [4.69, 9.17) is 4.52 Å². The van der Waals surface area contributed by atoms with Gasteiger partial charge in [-0.1, -0.05) is 12.1 Å². The van der Waals surface area contributed by atoms with Crippen molar-refractivity contribution in [3.05, 3.63) is 41.1 Å². The first-order valence-electron chi connectivity index (χ1n) is 6.83. The van der Waals surface area contributed by atoms with Gasteiger partial charge in [0.1, 0.15) is 0 Å². The molecule has 1 heterocycles. The summed E-state index contributed by atoms with van der Waals surface area (Å²) in [5, 5.41) is 18.1. The number of anilines is 1. The number of hydrogen-bond acceptors (Lipinski definition) is 5. The van der Waals surface area contributed by atoms with E-state index in [-0.39, 0.29) is 17.1 Å². The summed E-state index contributed by atoms with van der Waals surface area (Å²) in [5.74, 6) is -0.540. The molecule has 1 amide bonds. The second kappa shape index (κ2) is 6.48. The molecule has 0 aliphatic rings. The van der Waals surface area contributed by atoms with Gasteiger partial charge in [0, 0.05) is 6.92 Å². The third-order valence-electron chi connectivity index (χ3n) is 3.14. The van der Waals surface area contributed by atoms with Crippen molar-refractivity contribution < 1.29 is 32.4 Å². The average Bonchev–Trinajstić information content (AvgIpc) is 2.88. The van der Waals surface area contributed by atoms with Crippen molar-refractivity contribution in [2.45, 2.75) is 19.2 Å². The molecule has 2 rings (SSSR count). The second-order valence-electron chi connectivity index (χ2n) is 5.23. The molecule has 1 aromatic heterocycles. The fourth-order valence-electron chi connectivity index (χ4n) is 2.04. The zero-order valence-electron chi connectivity index (χ0n) is 13.1. The van der Waals surface area contributed by atoms with Gasteiger partial charge in [0.15, 0.2) is 6.10 Å². The molecule has 2 aromatic rings. The first-order valence-corrected chi connectivity index (χ1v) is 6.83. The van der Waals surface area contributed by atoms with E-state index in [1.165, 1.54) is 16.7 Å². The maximum Gasteiger partial charge on any atom is 0.416 e. The Morgan fingerprint density at radius 3 is 2.38 bits per heavy atom. The molecule has 0 aliphatic heterocycles. The van der Waals surface area contributed by atoms with E-state index in [1.54, 1.807) is 14.1 Å². The number of benzene rings is 1. The number of aliphatic hydroxyl groups excluding tert-OH is 1. The normalized spacial score (nSPS) is 12.8. The number of hydrogen-bond donors (Lipinski definition) is 2. The highest BCUT2D eigenvalue weighted by atomic mass is 19.4. The van der Waals surface area contributed by atoms with Crippen LogP contribution in [0.4, 0.5) is 19.1 Å². The lowest BCUT2D eigenvalue weighted by molar-refractivity contribution is -0.761. The summed E-state index contributed by atoms with van der Waals surface area (Å²) in [6.45, 7) is 1.25. The van der Waals surface area contributed by atoms with Gasteiger partial charge in [-0.15, -0.1) is 0 Å². The zero-order chi connectivity index (χ0) is 18.1. The quantitative estimate of drug-likeness (QED) is 0.814. The number of carbonyl (C=O) groups excluding carboxylic acids is 1. The van der Waals surface area contributed by atoms with Crippen LogP contribution in [0, 0.1) is 0 Å². The van der Waals surface area contributed by atoms with Gasteiger partial charge in [-0.2, -0.15) is 18.2 Å². The third kappa shape index (κ3) is 3.65. The van der Waals surface area contributed by atoms with Gasteiger partial charge in [-0.05, 0) is 17.7 Å². The predicted octanol–water partition coefficient (Wildman–Crippen LogP) is 1.22. The van der Waals surface area contributed by atoms with Gasteiger partial charge in [0.2, 0.25) is 11.2 Å². The Balaban J connectivity index is 2.42. The van der Waals surface area contributed by atoms with Crippen LogP contribution in [-0.2, 0) is 11.0 Å². The van der Waals surface area contributed by atoms with Crippen LogP contribution in [0.25, 0.3) is 0 Å². The summed E-state index contributed by atoms with van der Waals surface area (Å²) in [6, 6.07) is 4.03. The largest absolute Gasteiger partial charge is 0.416 e. The second-order valence-corrected chi connectivity index (χ2v) is 5.23. The lowest BCUT2D eigenvalue weighted by Crippen LogP contribution is -2.57. The van der Waals surface area contributed by atoms with Gasteiger partial charge < -0.3 is 5.11 Å². The summed E-state index contributed by atoms with van der Waals surface area (Å²) in [7, 11) is 3.23. The van der Waals surface area contributed by atoms with E-state index < -0.39 is 23.8 Å². The van der Waals surface area contributed by atoms with Crippen LogP contribution in [-0.4, -0.2) is 30.4 Å². The summed E-state index contributed by atoms with van der Waals surface area (Å²) in [6.07, 6.45) is -5.83. The van der Waals surface area contributed by atoms with Crippen molar-refractivity contribution in [2.24, 2.45) is 0 Å². The molecule has 1 unspecified atom stereocenters. The van der Waals surface area contributed by atoms with Gasteiger partial charge in [0.05, 0.1) is 24.4 Å². The van der Waals surface area contributed by atoms with Crippen LogP contribution in [0.3, 0.4) is 0 Å². The van der Waals surface area contributed by atoms with Crippen LogP contribution < -0.4 is 15.1 Å². The van der Waals surface area contributed by atoms with Crippen molar-refractivity contribution in [1.82, 2.24) is 5.27 Å². The predicted molar refractivity (Wildman–Crippen MR) is 76.6 cm³/mol. The van der Waals surface area contributed by atoms with Gasteiger partial charge in [-0.3, -0.25) is 14.6 Å². The Kier molecular flexibility index (Phi) is 4.78. The molecular weight excluding hydrogens is 329 g/mol. The SMILES string of the molecule is CC(=O)Nc1on[n+](N(C)C)c1C(O)c1ccc(C(F)(F)F)cc1. The van der Waals surface area contributed by atoms with Crippen molar-refractivity contribution in [2.75, 3.05) is 24.4 Å². The van der Waals surface area contributed by atoms with E-state index in [9.17, 15) is 23.1 Å². The molecule has 10 heteroatoms. The third-order valence-corrected chi connectivity index (χ3v) is 3.14. The highest BCUT2D eigenvalue weighted by Gasteiger charge is 2.36. The van der Waals surface area contributed by atoms with Crippen molar-refractivity contribution in [3.63, 3.8) is 0 Å². The molecule has 0 aliphatic carbocycles. The van der Waals surface area contributed by atoms with Crippen LogP contribution >= 0.6 is 0 Å². The number of carbonyl (C=O) groups is 1. The average molecular weight is 345 g/mol. The van der Waals surface area contributed by atoms with Gasteiger partial charge in [-0.25, -0.2) is 0 Å². The minimum atomic E-state index is -4.47. The fraction of sp³-hybridized carbons (Fsp3) is 0.357. The number of alkyl halides is 3. The molecule has 2 N–H and O–H groups in total. The first-order chi connectivity index (χ1) is 11.1. The smallest absolute Gasteiger partial charge is 0.377 e. The molecule has 0 spiro atoms. The Morgan fingerprint density at radius 1 is 1.33 bits per heavy atom. The molecule has 0 radical (unpaired) electrons. The van der Waals surface area contributed by atoms with Crippen LogP contribution in [0.5, 0.6) is 0 Å². The molecule has 130 valence electrons. The minimum Gasteiger partial charge on any atom is -0.377 e. The summed E-state index contributed by atoms with van der Waals surface area (Å²) in [4.78, 5) is 12.4. The molecule has 1 aromatic carbocycles. The molecular formula is C14H16F3N4O3+. The minimum absolute atomic E-state index is 0.0787. The number of aromatic nitrogens is 2. The van der Waals surface area contributed by atoms with Crippen LogP contribution in [0.15, 0.2) is 28.8 Å². The number of nitrogens with one attached hydrogen (secondary N) is 1. The van der Waals surface area contributed by atoms with E-state index in [2.05, 4.69) is 10.6 Å². The number of amides is 1. The maximum absolute atomic E-state index is 12.6. The molecule has 0 saturated heterocycles. The Morgan fingerprint density at radius 2 is 1.92 bits per heavy atom. The monoisotopic (exact) mass is 345 g/mol. The number of aliphatic hydroxyl groups is 1. The number of halogens is 3. The lowest BCUT2D eigenvalue weighted by Gasteiger charge is -2.11. The first kappa shape index (κ1) is 17.7. The Labute approximate surface area is 135 Å². The molecule has 0 fully saturated rings. The van der Waals surface area contributed by atoms with Crippen LogP contribution in [0.2, 0.25) is 0 Å². The molecule has 24 heavy (non-hydrogen) atoms. The maximum atomic E-state index is 12.6. The Bertz CT molecular complexity index is 726. The van der Waals surface area contributed by atoms with Crippen LogP contribution in [0.1, 0.15) is 29.8 Å². The Hall–Kier alpha value is -2.62. The van der Waals surface area contributed by atoms with Gasteiger partial charge in [0.25, 0.3) is 0 Å². The fourth-order valence-corrected chi connectivity index (χ4v) is 2.04. The summed E-state index contributed by atoms with van der Waals surface area (Å²) in [5.41, 5.74) is -0.560. The van der Waals surface area contributed by atoms with Gasteiger partial charge >= 0.3 is 17.8 Å². The topological polar surface area (TPSA) is 82.5 Å². The highest BCUT2D eigenvalue weighted by molar-refractivity contribution is 5.87. The van der Waals surface area contributed by atoms with E-state index in [0.717, 1.165) is 24.3 Å². The molecule has 0 bridgehead atoms. The summed E-state index contributed by atoms with van der Waals surface area (Å²) < 4.78 is 42.9. The van der Waals surface area contributed by atoms with Crippen molar-refractivity contribution >= 4 is 11.8 Å².